The van der Waals surface area contributed by atoms with Crippen LogP contribution >= 0.6 is 0 Å². The Balaban J connectivity index is 2.28. The number of aliphatic hydroxyl groups is 1. The topological polar surface area (TPSA) is 44.3 Å². The molecule has 0 bridgehead atoms. The van der Waals surface area contributed by atoms with Crippen molar-refractivity contribution in [2.24, 2.45) is 0 Å². The molecule has 3 nitrogen and oxygen atoms in total. The average Bonchev–Trinajstić information content (AvgIpc) is 2.41. The molecule has 3 N–H and O–H groups in total. The first kappa shape index (κ1) is 12.9. The third kappa shape index (κ3) is 5.50. The summed E-state index contributed by atoms with van der Waals surface area (Å²) >= 11 is 0. The fraction of sp³-hybridized carbons (Fsp3) is 1.00. The normalized spacial score (nSPS) is 26.0. The Kier molecular flexibility index (Phi) is 5.03. The number of aliphatic hydroxyl groups excluding tert-OH is 1. The van der Waals surface area contributed by atoms with Gasteiger partial charge in [-0.2, -0.15) is 0 Å². The molecular weight excluding hydrogens is 188 g/mol. The Hall–Kier alpha value is -0.120. The SMILES string of the molecule is CC(C)(C)NCC(O)C1CCCCCN1. The van der Waals surface area contributed by atoms with Gasteiger partial charge in [0.05, 0.1) is 6.10 Å². The van der Waals surface area contributed by atoms with E-state index in [1.54, 1.807) is 0 Å². The van der Waals surface area contributed by atoms with Gasteiger partial charge in [0.15, 0.2) is 0 Å². The molecule has 1 aliphatic rings. The molecule has 0 aromatic carbocycles. The van der Waals surface area contributed by atoms with Gasteiger partial charge < -0.3 is 15.7 Å². The molecule has 0 spiro atoms. The average molecular weight is 214 g/mol. The van der Waals surface area contributed by atoms with E-state index in [2.05, 4.69) is 31.4 Å². The second kappa shape index (κ2) is 5.83. The van der Waals surface area contributed by atoms with Crippen LogP contribution < -0.4 is 10.6 Å². The third-order valence-corrected chi connectivity index (χ3v) is 2.90. The first-order chi connectivity index (χ1) is 6.99. The lowest BCUT2D eigenvalue weighted by atomic mass is 10.0. The molecule has 0 aromatic rings. The molecule has 1 fully saturated rings. The van der Waals surface area contributed by atoms with Gasteiger partial charge in [0, 0.05) is 18.1 Å². The van der Waals surface area contributed by atoms with E-state index < -0.39 is 0 Å². The minimum Gasteiger partial charge on any atom is -0.390 e. The summed E-state index contributed by atoms with van der Waals surface area (Å²) in [4.78, 5) is 0. The van der Waals surface area contributed by atoms with Gasteiger partial charge in [0.1, 0.15) is 0 Å². The van der Waals surface area contributed by atoms with Crippen molar-refractivity contribution in [1.29, 1.82) is 0 Å². The van der Waals surface area contributed by atoms with Crippen molar-refractivity contribution < 1.29 is 5.11 Å². The van der Waals surface area contributed by atoms with Gasteiger partial charge in [-0.25, -0.2) is 0 Å². The largest absolute Gasteiger partial charge is 0.390 e. The predicted octanol–water partition coefficient (Wildman–Crippen LogP) is 1.27. The minimum absolute atomic E-state index is 0.0890. The maximum absolute atomic E-state index is 10.0. The fourth-order valence-corrected chi connectivity index (χ4v) is 1.94. The van der Waals surface area contributed by atoms with E-state index >= 15 is 0 Å². The summed E-state index contributed by atoms with van der Waals surface area (Å²) in [5.74, 6) is 0. The standard InChI is InChI=1S/C12H26N2O/c1-12(2,3)14-9-11(15)10-7-5-4-6-8-13-10/h10-11,13-15H,4-9H2,1-3H3. The molecule has 1 rings (SSSR count). The summed E-state index contributed by atoms with van der Waals surface area (Å²) in [6.07, 6.45) is 4.62. The molecule has 0 aliphatic carbocycles. The second-order valence-corrected chi connectivity index (χ2v) is 5.61. The van der Waals surface area contributed by atoms with E-state index in [1.165, 1.54) is 19.3 Å². The molecule has 1 heterocycles. The van der Waals surface area contributed by atoms with Gasteiger partial charge in [-0.15, -0.1) is 0 Å². The van der Waals surface area contributed by atoms with Gasteiger partial charge in [-0.3, -0.25) is 0 Å². The van der Waals surface area contributed by atoms with Crippen LogP contribution in [0.15, 0.2) is 0 Å². The smallest absolute Gasteiger partial charge is 0.0817 e. The molecule has 15 heavy (non-hydrogen) atoms. The van der Waals surface area contributed by atoms with Gasteiger partial charge >= 0.3 is 0 Å². The number of nitrogens with one attached hydrogen (secondary N) is 2. The second-order valence-electron chi connectivity index (χ2n) is 5.61. The lowest BCUT2D eigenvalue weighted by Crippen LogP contribution is -2.48. The molecule has 1 saturated heterocycles. The predicted molar refractivity (Wildman–Crippen MR) is 64.0 cm³/mol. The van der Waals surface area contributed by atoms with Crippen molar-refractivity contribution in [1.82, 2.24) is 10.6 Å². The van der Waals surface area contributed by atoms with Crippen LogP contribution in [0.25, 0.3) is 0 Å². The quantitative estimate of drug-likeness (QED) is 0.663. The van der Waals surface area contributed by atoms with E-state index in [0.29, 0.717) is 6.54 Å². The molecule has 90 valence electrons. The van der Waals surface area contributed by atoms with E-state index in [-0.39, 0.29) is 17.7 Å². The Morgan fingerprint density at radius 2 is 2.07 bits per heavy atom. The highest BCUT2D eigenvalue weighted by molar-refractivity contribution is 4.82. The molecular formula is C12H26N2O. The number of hydrogen-bond acceptors (Lipinski definition) is 3. The Morgan fingerprint density at radius 1 is 1.33 bits per heavy atom. The van der Waals surface area contributed by atoms with Crippen LogP contribution in [-0.2, 0) is 0 Å². The molecule has 0 radical (unpaired) electrons. The number of hydrogen-bond donors (Lipinski definition) is 3. The lowest BCUT2D eigenvalue weighted by molar-refractivity contribution is 0.115. The van der Waals surface area contributed by atoms with Crippen LogP contribution in [0, 0.1) is 0 Å². The zero-order valence-electron chi connectivity index (χ0n) is 10.3. The first-order valence-electron chi connectivity index (χ1n) is 6.15. The summed E-state index contributed by atoms with van der Waals surface area (Å²) in [6.45, 7) is 8.11. The lowest BCUT2D eigenvalue weighted by Gasteiger charge is -2.27. The summed E-state index contributed by atoms with van der Waals surface area (Å²) in [5.41, 5.74) is 0.0890. The maximum atomic E-state index is 10.0. The fourth-order valence-electron chi connectivity index (χ4n) is 1.94. The van der Waals surface area contributed by atoms with Crippen molar-refractivity contribution in [2.45, 2.75) is 64.1 Å². The van der Waals surface area contributed by atoms with Crippen molar-refractivity contribution in [2.75, 3.05) is 13.1 Å². The zero-order valence-corrected chi connectivity index (χ0v) is 10.3. The van der Waals surface area contributed by atoms with E-state index in [0.717, 1.165) is 13.0 Å². The van der Waals surface area contributed by atoms with Crippen molar-refractivity contribution in [3.63, 3.8) is 0 Å². The monoisotopic (exact) mass is 214 g/mol. The van der Waals surface area contributed by atoms with Crippen LogP contribution in [0.1, 0.15) is 46.5 Å². The molecule has 2 atom stereocenters. The van der Waals surface area contributed by atoms with Gasteiger partial charge in [-0.1, -0.05) is 12.8 Å². The Bertz CT molecular complexity index is 169. The van der Waals surface area contributed by atoms with Crippen LogP contribution in [0.3, 0.4) is 0 Å². The first-order valence-corrected chi connectivity index (χ1v) is 6.15. The van der Waals surface area contributed by atoms with Crippen molar-refractivity contribution >= 4 is 0 Å². The van der Waals surface area contributed by atoms with Gasteiger partial charge in [-0.05, 0) is 40.2 Å². The van der Waals surface area contributed by atoms with Crippen LogP contribution in [-0.4, -0.2) is 35.9 Å². The van der Waals surface area contributed by atoms with Crippen LogP contribution in [0.4, 0.5) is 0 Å². The maximum Gasteiger partial charge on any atom is 0.0817 e. The van der Waals surface area contributed by atoms with Crippen LogP contribution in [0.5, 0.6) is 0 Å². The summed E-state index contributed by atoms with van der Waals surface area (Å²) < 4.78 is 0. The van der Waals surface area contributed by atoms with E-state index in [9.17, 15) is 5.11 Å². The Labute approximate surface area is 93.6 Å². The molecule has 0 amide bonds. The highest BCUT2D eigenvalue weighted by Gasteiger charge is 2.21. The van der Waals surface area contributed by atoms with Gasteiger partial charge in [0.2, 0.25) is 0 Å². The third-order valence-electron chi connectivity index (χ3n) is 2.90. The summed E-state index contributed by atoms with van der Waals surface area (Å²) in [7, 11) is 0. The van der Waals surface area contributed by atoms with Gasteiger partial charge in [0.25, 0.3) is 0 Å². The van der Waals surface area contributed by atoms with Crippen LogP contribution in [0.2, 0.25) is 0 Å². The summed E-state index contributed by atoms with van der Waals surface area (Å²) in [6, 6.07) is 0.280. The van der Waals surface area contributed by atoms with E-state index in [1.807, 2.05) is 0 Å². The minimum atomic E-state index is -0.262. The molecule has 0 aromatic heterocycles. The summed E-state index contributed by atoms with van der Waals surface area (Å²) in [5, 5.41) is 16.8. The number of rotatable bonds is 3. The van der Waals surface area contributed by atoms with Crippen molar-refractivity contribution in [3.05, 3.63) is 0 Å². The molecule has 2 unspecified atom stereocenters. The van der Waals surface area contributed by atoms with Crippen molar-refractivity contribution in [3.8, 4) is 0 Å². The number of β-amino-alcohol motifs (C(OH)–C–C–N with tert-alkyl or cyclic N) is 1. The molecule has 0 saturated carbocycles. The highest BCUT2D eigenvalue weighted by atomic mass is 16.3. The molecule has 3 heteroatoms. The Morgan fingerprint density at radius 3 is 2.73 bits per heavy atom. The van der Waals surface area contributed by atoms with E-state index in [4.69, 9.17) is 0 Å². The molecule has 1 aliphatic heterocycles. The zero-order chi connectivity index (χ0) is 11.3. The highest BCUT2D eigenvalue weighted by Crippen LogP contribution is 2.11.